The molecule has 0 amide bonds. The lowest BCUT2D eigenvalue weighted by Gasteiger charge is -2.35. The monoisotopic (exact) mass is 296 g/mol. The lowest BCUT2D eigenvalue weighted by Crippen LogP contribution is -2.46. The highest BCUT2D eigenvalue weighted by Crippen LogP contribution is 2.29. The van der Waals surface area contributed by atoms with Crippen LogP contribution in [0, 0.1) is 0 Å². The molecule has 0 aliphatic carbocycles. The van der Waals surface area contributed by atoms with Gasteiger partial charge in [-0.1, -0.05) is 12.1 Å². The molecule has 2 aliphatic rings. The molecule has 0 radical (unpaired) electrons. The first kappa shape index (κ1) is 15.6. The molecule has 2 heterocycles. The first-order valence-corrected chi connectivity index (χ1v) is 7.34. The molecule has 20 heavy (non-hydrogen) atoms. The molecule has 112 valence electrons. The summed E-state index contributed by atoms with van der Waals surface area (Å²) in [5.41, 5.74) is 1.37. The molecule has 0 spiro atoms. The molecular formula is C16H25ClN2O. The van der Waals surface area contributed by atoms with Gasteiger partial charge in [0.05, 0.1) is 7.11 Å². The topological polar surface area (TPSA) is 24.5 Å². The lowest BCUT2D eigenvalue weighted by molar-refractivity contribution is 0.166. The van der Waals surface area contributed by atoms with Gasteiger partial charge in [-0.05, 0) is 50.4 Å². The first-order valence-electron chi connectivity index (χ1n) is 7.34. The van der Waals surface area contributed by atoms with Gasteiger partial charge in [-0.3, -0.25) is 4.90 Å². The quantitative estimate of drug-likeness (QED) is 0.925. The van der Waals surface area contributed by atoms with E-state index in [1.807, 2.05) is 0 Å². The molecule has 4 heteroatoms. The van der Waals surface area contributed by atoms with Gasteiger partial charge in [-0.2, -0.15) is 0 Å². The number of nitrogens with one attached hydrogen (secondary N) is 1. The normalized spacial score (nSPS) is 28.2. The van der Waals surface area contributed by atoms with Gasteiger partial charge in [-0.25, -0.2) is 0 Å². The predicted molar refractivity (Wildman–Crippen MR) is 84.7 cm³/mol. The summed E-state index contributed by atoms with van der Waals surface area (Å²) in [4.78, 5) is 2.52. The Balaban J connectivity index is 0.00000147. The number of halogens is 1. The lowest BCUT2D eigenvalue weighted by atomic mass is 9.98. The van der Waals surface area contributed by atoms with Gasteiger partial charge in [-0.15, -0.1) is 12.4 Å². The summed E-state index contributed by atoms with van der Waals surface area (Å²) in [5, 5.41) is 3.71. The van der Waals surface area contributed by atoms with Crippen LogP contribution in [0.4, 0.5) is 0 Å². The average Bonchev–Trinajstić information content (AvgIpc) is 2.78. The number of hydrogen-bond donors (Lipinski definition) is 1. The molecule has 1 aromatic carbocycles. The van der Waals surface area contributed by atoms with Crippen molar-refractivity contribution >= 4 is 12.4 Å². The van der Waals surface area contributed by atoms with E-state index < -0.39 is 0 Å². The number of methoxy groups -OCH3 is 1. The second kappa shape index (κ2) is 6.79. The van der Waals surface area contributed by atoms with E-state index in [0.29, 0.717) is 0 Å². The van der Waals surface area contributed by atoms with Crippen LogP contribution in [0.15, 0.2) is 24.3 Å². The van der Waals surface area contributed by atoms with Crippen molar-refractivity contribution in [3.8, 4) is 5.75 Å². The molecule has 1 aromatic rings. The van der Waals surface area contributed by atoms with Gasteiger partial charge >= 0.3 is 0 Å². The molecule has 1 N–H and O–H groups in total. The van der Waals surface area contributed by atoms with E-state index in [9.17, 15) is 0 Å². The van der Waals surface area contributed by atoms with Crippen molar-refractivity contribution in [1.29, 1.82) is 0 Å². The van der Waals surface area contributed by atoms with Gasteiger partial charge in [0.2, 0.25) is 0 Å². The van der Waals surface area contributed by atoms with Crippen LogP contribution in [-0.4, -0.2) is 37.2 Å². The maximum atomic E-state index is 5.20. The summed E-state index contributed by atoms with van der Waals surface area (Å²) in [6, 6.07) is 10.7. The standard InChI is InChI=1S/C16H24N2O.ClH/c1-18(11-12-3-7-16(19-2)8-4-12)15-9-13-5-6-14(10-15)17-13;/h3-4,7-8,13-15,17H,5-6,9-11H2,1-2H3;1H. The Labute approximate surface area is 128 Å². The molecule has 0 aromatic heterocycles. The summed E-state index contributed by atoms with van der Waals surface area (Å²) < 4.78 is 5.20. The van der Waals surface area contributed by atoms with Crippen molar-refractivity contribution in [3.63, 3.8) is 0 Å². The van der Waals surface area contributed by atoms with Crippen molar-refractivity contribution in [2.24, 2.45) is 0 Å². The highest BCUT2D eigenvalue weighted by molar-refractivity contribution is 5.85. The zero-order chi connectivity index (χ0) is 13.2. The zero-order valence-corrected chi connectivity index (χ0v) is 13.2. The third-order valence-corrected chi connectivity index (χ3v) is 4.66. The third-order valence-electron chi connectivity index (χ3n) is 4.66. The van der Waals surface area contributed by atoms with Gasteiger partial charge in [0.15, 0.2) is 0 Å². The first-order chi connectivity index (χ1) is 9.24. The highest BCUT2D eigenvalue weighted by atomic mass is 35.5. The molecule has 2 unspecified atom stereocenters. The Hall–Kier alpha value is -0.770. The van der Waals surface area contributed by atoms with Crippen LogP contribution in [-0.2, 0) is 6.54 Å². The fourth-order valence-electron chi connectivity index (χ4n) is 3.54. The zero-order valence-electron chi connectivity index (χ0n) is 12.3. The van der Waals surface area contributed by atoms with E-state index in [1.165, 1.54) is 31.2 Å². The predicted octanol–water partition coefficient (Wildman–Crippen LogP) is 2.83. The summed E-state index contributed by atoms with van der Waals surface area (Å²) in [5.74, 6) is 0.936. The molecule has 2 saturated heterocycles. The van der Waals surface area contributed by atoms with E-state index in [1.54, 1.807) is 7.11 Å². The van der Waals surface area contributed by atoms with Crippen LogP contribution in [0.1, 0.15) is 31.2 Å². The van der Waals surface area contributed by atoms with E-state index in [-0.39, 0.29) is 12.4 Å². The van der Waals surface area contributed by atoms with Gasteiger partial charge in [0.25, 0.3) is 0 Å². The maximum Gasteiger partial charge on any atom is 0.118 e. The SMILES string of the molecule is COc1ccc(CN(C)C2CC3CCC(C2)N3)cc1.Cl. The average molecular weight is 297 g/mol. The second-order valence-corrected chi connectivity index (χ2v) is 6.03. The number of fused-ring (bicyclic) bond motifs is 2. The number of piperidine rings is 1. The Kier molecular flexibility index (Phi) is 5.30. The Morgan fingerprint density at radius 3 is 2.30 bits per heavy atom. The Morgan fingerprint density at radius 2 is 1.75 bits per heavy atom. The van der Waals surface area contributed by atoms with Gasteiger partial charge in [0.1, 0.15) is 5.75 Å². The van der Waals surface area contributed by atoms with Crippen LogP contribution >= 0.6 is 12.4 Å². The molecule has 3 nitrogen and oxygen atoms in total. The molecular weight excluding hydrogens is 272 g/mol. The third kappa shape index (κ3) is 3.46. The minimum absolute atomic E-state index is 0. The van der Waals surface area contributed by atoms with Gasteiger partial charge < -0.3 is 10.1 Å². The van der Waals surface area contributed by atoms with E-state index >= 15 is 0 Å². The van der Waals surface area contributed by atoms with Crippen molar-refractivity contribution < 1.29 is 4.74 Å². The smallest absolute Gasteiger partial charge is 0.118 e. The largest absolute Gasteiger partial charge is 0.497 e. The second-order valence-electron chi connectivity index (χ2n) is 6.03. The molecule has 2 bridgehead atoms. The summed E-state index contributed by atoms with van der Waals surface area (Å²) >= 11 is 0. The summed E-state index contributed by atoms with van der Waals surface area (Å²) in [6.07, 6.45) is 5.36. The number of nitrogens with zero attached hydrogens (tertiary/aromatic N) is 1. The minimum atomic E-state index is 0. The summed E-state index contributed by atoms with van der Waals surface area (Å²) in [6.45, 7) is 1.04. The van der Waals surface area contributed by atoms with Gasteiger partial charge in [0, 0.05) is 24.7 Å². The van der Waals surface area contributed by atoms with Crippen LogP contribution in [0.25, 0.3) is 0 Å². The minimum Gasteiger partial charge on any atom is -0.497 e. The number of hydrogen-bond acceptors (Lipinski definition) is 3. The van der Waals surface area contributed by atoms with Crippen LogP contribution in [0.5, 0.6) is 5.75 Å². The maximum absolute atomic E-state index is 5.20. The Bertz CT molecular complexity index is 411. The molecule has 3 rings (SSSR count). The fraction of sp³-hybridized carbons (Fsp3) is 0.625. The number of ether oxygens (including phenoxy) is 1. The van der Waals surface area contributed by atoms with E-state index in [4.69, 9.17) is 4.74 Å². The molecule has 2 fully saturated rings. The molecule has 0 saturated carbocycles. The van der Waals surface area contributed by atoms with Crippen LogP contribution in [0.2, 0.25) is 0 Å². The van der Waals surface area contributed by atoms with E-state index in [0.717, 1.165) is 30.4 Å². The van der Waals surface area contributed by atoms with E-state index in [2.05, 4.69) is 41.5 Å². The van der Waals surface area contributed by atoms with Crippen molar-refractivity contribution in [2.45, 2.75) is 50.4 Å². The van der Waals surface area contributed by atoms with Crippen molar-refractivity contribution in [3.05, 3.63) is 29.8 Å². The summed E-state index contributed by atoms with van der Waals surface area (Å²) in [7, 11) is 3.98. The number of rotatable bonds is 4. The fourth-order valence-corrected chi connectivity index (χ4v) is 3.54. The molecule has 2 atom stereocenters. The Morgan fingerprint density at radius 1 is 1.15 bits per heavy atom. The van der Waals surface area contributed by atoms with Crippen LogP contribution in [0.3, 0.4) is 0 Å². The van der Waals surface area contributed by atoms with Crippen molar-refractivity contribution in [2.75, 3.05) is 14.2 Å². The van der Waals surface area contributed by atoms with Crippen molar-refractivity contribution in [1.82, 2.24) is 10.2 Å². The van der Waals surface area contributed by atoms with Crippen LogP contribution < -0.4 is 10.1 Å². The number of benzene rings is 1. The molecule has 2 aliphatic heterocycles. The highest BCUT2D eigenvalue weighted by Gasteiger charge is 2.34.